The summed E-state index contributed by atoms with van der Waals surface area (Å²) >= 11 is 0.361. The van der Waals surface area contributed by atoms with Crippen molar-refractivity contribution in [1.82, 2.24) is 14.7 Å². The fourth-order valence-corrected chi connectivity index (χ4v) is 4.47. The second-order valence-corrected chi connectivity index (χ2v) is 9.41. The molecule has 0 aliphatic rings. The lowest BCUT2D eigenvalue weighted by Gasteiger charge is -2.23. The molecule has 0 aromatic rings. The highest BCUT2D eigenvalue weighted by atomic mass is 32.7. The quantitative estimate of drug-likeness (QED) is 0.327. The molecule has 146 valence electrons. The van der Waals surface area contributed by atoms with Crippen LogP contribution in [0.5, 0.6) is 0 Å². The highest BCUT2D eigenvalue weighted by Gasteiger charge is 2.37. The smallest absolute Gasteiger partial charge is 0.403 e. The van der Waals surface area contributed by atoms with Crippen molar-refractivity contribution < 1.29 is 28.0 Å². The normalized spacial score (nSPS) is 10.4. The van der Waals surface area contributed by atoms with Gasteiger partial charge in [0.1, 0.15) is 0 Å². The van der Waals surface area contributed by atoms with Gasteiger partial charge >= 0.3 is 6.80 Å². The second-order valence-electron chi connectivity index (χ2n) is 5.59. The second kappa shape index (κ2) is 9.49. The lowest BCUT2D eigenvalue weighted by Crippen LogP contribution is -2.25. The van der Waals surface area contributed by atoms with Gasteiger partial charge < -0.3 is 23.7 Å². The summed E-state index contributed by atoms with van der Waals surface area (Å²) in [5, 5.41) is 0. The van der Waals surface area contributed by atoms with Crippen LogP contribution in [0, 0.1) is 0 Å². The first-order valence-electron chi connectivity index (χ1n) is 7.12. The molecule has 0 radical (unpaired) electrons. The average Bonchev–Trinajstić information content (AvgIpc) is 2.51. The van der Waals surface area contributed by atoms with E-state index in [2.05, 4.69) is 19.7 Å². The predicted octanol–water partition coefficient (Wildman–Crippen LogP) is 1.67. The largest absolute Gasteiger partial charge is 0.498 e. The third-order valence-electron chi connectivity index (χ3n) is 2.60. The van der Waals surface area contributed by atoms with Crippen molar-refractivity contribution in [3.63, 3.8) is 0 Å². The van der Waals surface area contributed by atoms with Gasteiger partial charge in [0.2, 0.25) is 0 Å². The van der Waals surface area contributed by atoms with Crippen molar-refractivity contribution in [1.29, 1.82) is 0 Å². The first kappa shape index (κ1) is 23.8. The molecule has 0 aromatic heterocycles. The van der Waals surface area contributed by atoms with E-state index in [1.165, 1.54) is 47.2 Å². The van der Waals surface area contributed by atoms with E-state index in [9.17, 15) is 18.9 Å². The molecule has 0 fully saturated rings. The van der Waals surface area contributed by atoms with Gasteiger partial charge in [-0.25, -0.2) is 4.57 Å². The maximum Gasteiger partial charge on any atom is 0.498 e. The van der Waals surface area contributed by atoms with Gasteiger partial charge in [-0.2, -0.15) is 0 Å². The minimum Gasteiger partial charge on any atom is -0.403 e. The maximum absolute atomic E-state index is 13.0. The molecule has 0 saturated heterocycles. The van der Waals surface area contributed by atoms with Crippen molar-refractivity contribution in [3.05, 3.63) is 36.2 Å². The van der Waals surface area contributed by atoms with E-state index in [1.807, 2.05) is 0 Å². The summed E-state index contributed by atoms with van der Waals surface area (Å²) < 4.78 is 23.3. The van der Waals surface area contributed by atoms with Crippen LogP contribution in [-0.2, 0) is 28.0 Å². The Morgan fingerprint density at radius 3 is 1.31 bits per heavy atom. The third kappa shape index (κ3) is 6.97. The number of rotatable bonds is 9. The number of carbonyl (C=O) groups is 3. The summed E-state index contributed by atoms with van der Waals surface area (Å²) in [6.07, 6.45) is 0. The molecule has 0 heterocycles. The topological polar surface area (TPSA) is 96.5 Å². The average molecular weight is 405 g/mol. The molecule has 0 aliphatic carbocycles. The van der Waals surface area contributed by atoms with Gasteiger partial charge in [0.05, 0.1) is 4.91 Å². The van der Waals surface area contributed by atoms with Gasteiger partial charge in [-0.15, -0.1) is 0 Å². The van der Waals surface area contributed by atoms with Crippen LogP contribution >= 0.6 is 18.2 Å². The number of hydrogen-bond acceptors (Lipinski definition) is 7. The zero-order valence-corrected chi connectivity index (χ0v) is 17.5. The Bertz CT molecular complexity index is 597. The summed E-state index contributed by atoms with van der Waals surface area (Å²) in [7, 11) is 8.72. The van der Waals surface area contributed by atoms with Crippen LogP contribution < -0.4 is 0 Å². The van der Waals surface area contributed by atoms with E-state index in [0.29, 0.717) is 11.4 Å². The summed E-state index contributed by atoms with van der Waals surface area (Å²) in [5.41, 5.74) is 0. The number of nitrogens with zero attached hydrogens (tertiary/aromatic N) is 3. The predicted molar refractivity (Wildman–Crippen MR) is 101 cm³/mol. The molecule has 0 aromatic carbocycles. The molecular formula is C15H24N3O6PS. The SMILES string of the molecule is C=C(OP(=O)(OC(=C)C(=O)N(C)C)SC(=C)C(=O)N(C)C)C(=O)N(C)C. The van der Waals surface area contributed by atoms with Gasteiger partial charge in [0.15, 0.2) is 11.5 Å². The van der Waals surface area contributed by atoms with E-state index in [-0.39, 0.29) is 4.91 Å². The standard InChI is InChI=1S/C15H24N3O6PS/c1-10(13(19)16(4)5)23-25(22,24-11(2)14(20)17(6)7)26-12(3)15(21)18(8)9/h1-3H2,4-9H3. The molecule has 0 aliphatic heterocycles. The van der Waals surface area contributed by atoms with E-state index >= 15 is 0 Å². The van der Waals surface area contributed by atoms with Gasteiger partial charge in [-0.3, -0.25) is 14.4 Å². The van der Waals surface area contributed by atoms with Crippen LogP contribution in [0.2, 0.25) is 0 Å². The van der Waals surface area contributed by atoms with Gasteiger partial charge in [0, 0.05) is 53.7 Å². The fraction of sp³-hybridized carbons (Fsp3) is 0.400. The summed E-state index contributed by atoms with van der Waals surface area (Å²) in [6.45, 7) is 6.04. The van der Waals surface area contributed by atoms with E-state index in [0.717, 1.165) is 9.80 Å². The van der Waals surface area contributed by atoms with E-state index in [4.69, 9.17) is 9.05 Å². The highest BCUT2D eigenvalue weighted by Crippen LogP contribution is 2.65. The van der Waals surface area contributed by atoms with Crippen molar-refractivity contribution >= 4 is 35.9 Å². The minimum atomic E-state index is -4.29. The summed E-state index contributed by atoms with van der Waals surface area (Å²) in [5.74, 6) is -2.84. The fourth-order valence-electron chi connectivity index (χ4n) is 1.33. The van der Waals surface area contributed by atoms with Crippen LogP contribution in [0.1, 0.15) is 0 Å². The van der Waals surface area contributed by atoms with Crippen molar-refractivity contribution in [2.75, 3.05) is 42.3 Å². The van der Waals surface area contributed by atoms with Crippen LogP contribution in [0.3, 0.4) is 0 Å². The summed E-state index contributed by atoms with van der Waals surface area (Å²) in [6, 6.07) is 0. The first-order chi connectivity index (χ1) is 11.7. The van der Waals surface area contributed by atoms with E-state index < -0.39 is 36.0 Å². The molecular weight excluding hydrogens is 381 g/mol. The van der Waals surface area contributed by atoms with Crippen LogP contribution in [0.25, 0.3) is 0 Å². The molecule has 0 bridgehead atoms. The molecule has 0 spiro atoms. The molecule has 26 heavy (non-hydrogen) atoms. The molecule has 11 heteroatoms. The Balaban J connectivity index is 5.61. The molecule has 0 N–H and O–H groups in total. The monoisotopic (exact) mass is 405 g/mol. The zero-order chi connectivity index (χ0) is 20.8. The molecule has 3 amide bonds. The van der Waals surface area contributed by atoms with Gasteiger partial charge in [-0.1, -0.05) is 19.7 Å². The Labute approximate surface area is 157 Å². The molecule has 0 saturated carbocycles. The van der Waals surface area contributed by atoms with Crippen molar-refractivity contribution in [2.45, 2.75) is 0 Å². The van der Waals surface area contributed by atoms with Crippen LogP contribution in [0.4, 0.5) is 0 Å². The Morgan fingerprint density at radius 1 is 0.731 bits per heavy atom. The van der Waals surface area contributed by atoms with Crippen LogP contribution in [-0.4, -0.2) is 74.7 Å². The van der Waals surface area contributed by atoms with Crippen molar-refractivity contribution in [2.24, 2.45) is 0 Å². The summed E-state index contributed by atoms with van der Waals surface area (Å²) in [4.78, 5) is 39.1. The minimum absolute atomic E-state index is 0.173. The lowest BCUT2D eigenvalue weighted by molar-refractivity contribution is -0.127. The van der Waals surface area contributed by atoms with Crippen molar-refractivity contribution in [3.8, 4) is 0 Å². The number of carbonyl (C=O) groups excluding carboxylic acids is 3. The van der Waals surface area contributed by atoms with Gasteiger partial charge in [0.25, 0.3) is 17.7 Å². The molecule has 0 atom stereocenters. The maximum atomic E-state index is 13.0. The van der Waals surface area contributed by atoms with E-state index in [1.54, 1.807) is 0 Å². The Kier molecular flexibility index (Phi) is 8.69. The zero-order valence-electron chi connectivity index (χ0n) is 15.8. The first-order valence-corrected chi connectivity index (χ1v) is 10.1. The molecule has 0 unspecified atom stereocenters. The molecule has 0 rings (SSSR count). The van der Waals surface area contributed by atoms with Crippen LogP contribution in [0.15, 0.2) is 36.2 Å². The van der Waals surface area contributed by atoms with Gasteiger partial charge in [-0.05, 0) is 0 Å². The lowest BCUT2D eigenvalue weighted by atomic mass is 10.5. The molecule has 9 nitrogen and oxygen atoms in total. The highest BCUT2D eigenvalue weighted by molar-refractivity contribution is 8.57. The number of likely N-dealkylation sites (N-methyl/N-ethyl adjacent to an activating group) is 3. The third-order valence-corrected chi connectivity index (χ3v) is 5.89. The number of amides is 3. The Hall–Kier alpha value is -2.19. The number of hydrogen-bond donors (Lipinski definition) is 0. The Morgan fingerprint density at radius 2 is 1.04 bits per heavy atom.